The van der Waals surface area contributed by atoms with Gasteiger partial charge in [-0.3, -0.25) is 9.78 Å². The average molecular weight is 340 g/mol. The van der Waals surface area contributed by atoms with Crippen LogP contribution >= 0.6 is 0 Å². The minimum absolute atomic E-state index is 0.190. The van der Waals surface area contributed by atoms with Gasteiger partial charge in [0.05, 0.1) is 11.2 Å². The molecule has 1 N–H and O–H groups in total. The first-order valence-electron chi connectivity index (χ1n) is 8.22. The number of aromatic nitrogens is 3. The number of pyridine rings is 1. The predicted octanol–water partition coefficient (Wildman–Crippen LogP) is 4.07. The summed E-state index contributed by atoms with van der Waals surface area (Å²) in [5.74, 6) is -0.190. The Kier molecular flexibility index (Phi) is 4.26. The maximum absolute atomic E-state index is 12.2. The summed E-state index contributed by atoms with van der Waals surface area (Å²) in [5.41, 5.74) is 3.45. The van der Waals surface area contributed by atoms with E-state index < -0.39 is 0 Å². The summed E-state index contributed by atoms with van der Waals surface area (Å²) in [6, 6.07) is 19.2. The summed E-state index contributed by atoms with van der Waals surface area (Å²) in [4.78, 5) is 16.6. The molecule has 0 bridgehead atoms. The number of carbonyl (C=O) groups excluding carboxylic acids is 1. The normalized spacial score (nSPS) is 11.1. The lowest BCUT2D eigenvalue weighted by atomic mass is 10.1. The van der Waals surface area contributed by atoms with Crippen LogP contribution in [0.15, 0.2) is 85.3 Å². The molecule has 5 nitrogen and oxygen atoms in total. The molecule has 1 amide bonds. The third-order valence-electron chi connectivity index (χ3n) is 3.98. The van der Waals surface area contributed by atoms with E-state index in [0.29, 0.717) is 0 Å². The van der Waals surface area contributed by atoms with Crippen LogP contribution in [0.3, 0.4) is 0 Å². The van der Waals surface area contributed by atoms with E-state index in [9.17, 15) is 4.79 Å². The van der Waals surface area contributed by atoms with Crippen LogP contribution in [0.25, 0.3) is 22.7 Å². The van der Waals surface area contributed by atoms with Crippen molar-refractivity contribution in [1.29, 1.82) is 0 Å². The van der Waals surface area contributed by atoms with Crippen LogP contribution in [0, 0.1) is 0 Å². The molecule has 2 aromatic heterocycles. The van der Waals surface area contributed by atoms with Gasteiger partial charge in [-0.25, -0.2) is 4.68 Å². The molecule has 5 heteroatoms. The summed E-state index contributed by atoms with van der Waals surface area (Å²) in [7, 11) is 0. The lowest BCUT2D eigenvalue weighted by molar-refractivity contribution is -0.111. The van der Waals surface area contributed by atoms with Crippen molar-refractivity contribution in [2.24, 2.45) is 0 Å². The number of anilines is 1. The maximum atomic E-state index is 12.2. The number of rotatable bonds is 4. The molecule has 0 aliphatic rings. The molecule has 4 aromatic rings. The van der Waals surface area contributed by atoms with E-state index in [1.807, 2.05) is 66.9 Å². The van der Waals surface area contributed by atoms with Gasteiger partial charge in [-0.05, 0) is 42.5 Å². The van der Waals surface area contributed by atoms with Crippen LogP contribution in [0.4, 0.5) is 5.69 Å². The van der Waals surface area contributed by atoms with Gasteiger partial charge < -0.3 is 5.32 Å². The minimum atomic E-state index is -0.190. The number of para-hydroxylation sites is 1. The third kappa shape index (κ3) is 3.37. The monoisotopic (exact) mass is 340 g/mol. The van der Waals surface area contributed by atoms with E-state index in [1.54, 1.807) is 23.2 Å². The van der Waals surface area contributed by atoms with Crippen molar-refractivity contribution >= 4 is 28.6 Å². The standard InChI is InChI=1S/C21H16N4O/c26-20(12-7-17-5-1-4-16-6-2-13-22-21(16)17)24-18-8-10-19(11-9-18)25-15-3-14-23-25/h1-15H,(H,24,26)/b12-7+. The van der Waals surface area contributed by atoms with Crippen LogP contribution < -0.4 is 5.32 Å². The molecule has 0 fully saturated rings. The van der Waals surface area contributed by atoms with E-state index in [2.05, 4.69) is 15.4 Å². The van der Waals surface area contributed by atoms with Gasteiger partial charge in [-0.15, -0.1) is 0 Å². The lowest BCUT2D eigenvalue weighted by Crippen LogP contribution is -2.07. The van der Waals surface area contributed by atoms with Gasteiger partial charge in [0.25, 0.3) is 0 Å². The molecular weight excluding hydrogens is 324 g/mol. The molecular formula is C21H16N4O. The van der Waals surface area contributed by atoms with Crippen molar-refractivity contribution in [2.75, 3.05) is 5.32 Å². The highest BCUT2D eigenvalue weighted by Crippen LogP contribution is 2.17. The van der Waals surface area contributed by atoms with E-state index in [0.717, 1.165) is 27.8 Å². The van der Waals surface area contributed by atoms with Crippen molar-refractivity contribution in [3.63, 3.8) is 0 Å². The fraction of sp³-hybridized carbons (Fsp3) is 0. The Hall–Kier alpha value is -3.73. The second-order valence-electron chi connectivity index (χ2n) is 5.74. The first-order chi connectivity index (χ1) is 12.8. The summed E-state index contributed by atoms with van der Waals surface area (Å²) in [5, 5.41) is 8.08. The zero-order valence-corrected chi connectivity index (χ0v) is 13.9. The number of nitrogens with one attached hydrogen (secondary N) is 1. The lowest BCUT2D eigenvalue weighted by Gasteiger charge is -2.05. The van der Waals surface area contributed by atoms with Crippen molar-refractivity contribution in [3.8, 4) is 5.69 Å². The van der Waals surface area contributed by atoms with Crippen LogP contribution in [0.2, 0.25) is 0 Å². The highest BCUT2D eigenvalue weighted by Gasteiger charge is 2.02. The smallest absolute Gasteiger partial charge is 0.248 e. The fourth-order valence-electron chi connectivity index (χ4n) is 2.73. The summed E-state index contributed by atoms with van der Waals surface area (Å²) >= 11 is 0. The summed E-state index contributed by atoms with van der Waals surface area (Å²) in [6.07, 6.45) is 8.64. The molecule has 26 heavy (non-hydrogen) atoms. The van der Waals surface area contributed by atoms with Gasteiger partial charge in [-0.1, -0.05) is 24.3 Å². The van der Waals surface area contributed by atoms with Crippen molar-refractivity contribution in [2.45, 2.75) is 0 Å². The van der Waals surface area contributed by atoms with Crippen LogP contribution in [-0.2, 0) is 4.79 Å². The summed E-state index contributed by atoms with van der Waals surface area (Å²) < 4.78 is 1.76. The zero-order chi connectivity index (χ0) is 17.8. The average Bonchev–Trinajstić information content (AvgIpc) is 3.22. The Morgan fingerprint density at radius 3 is 2.62 bits per heavy atom. The van der Waals surface area contributed by atoms with Crippen LogP contribution in [0.5, 0.6) is 0 Å². The van der Waals surface area contributed by atoms with E-state index in [1.165, 1.54) is 6.08 Å². The molecule has 0 unspecified atom stereocenters. The number of benzene rings is 2. The highest BCUT2D eigenvalue weighted by molar-refractivity contribution is 6.03. The Bertz CT molecular complexity index is 1060. The Morgan fingerprint density at radius 1 is 0.962 bits per heavy atom. The van der Waals surface area contributed by atoms with Gasteiger partial charge >= 0.3 is 0 Å². The van der Waals surface area contributed by atoms with Crippen LogP contribution in [0.1, 0.15) is 5.56 Å². The van der Waals surface area contributed by atoms with Gasteiger partial charge in [0.15, 0.2) is 0 Å². The largest absolute Gasteiger partial charge is 0.323 e. The highest BCUT2D eigenvalue weighted by atomic mass is 16.1. The molecule has 2 aromatic carbocycles. The van der Waals surface area contributed by atoms with Crippen molar-refractivity contribution in [3.05, 3.63) is 90.9 Å². The number of carbonyl (C=O) groups is 1. The SMILES string of the molecule is O=C(/C=C/c1cccc2cccnc12)Nc1ccc(-n2cccn2)cc1. The van der Waals surface area contributed by atoms with Crippen molar-refractivity contribution in [1.82, 2.24) is 14.8 Å². The first-order valence-corrected chi connectivity index (χ1v) is 8.22. The first kappa shape index (κ1) is 15.8. The topological polar surface area (TPSA) is 59.8 Å². The number of hydrogen-bond donors (Lipinski definition) is 1. The molecule has 4 rings (SSSR count). The molecule has 0 saturated heterocycles. The minimum Gasteiger partial charge on any atom is -0.323 e. The molecule has 0 aliphatic heterocycles. The molecule has 2 heterocycles. The van der Waals surface area contributed by atoms with E-state index in [-0.39, 0.29) is 5.91 Å². The number of hydrogen-bond acceptors (Lipinski definition) is 3. The molecule has 0 radical (unpaired) electrons. The maximum Gasteiger partial charge on any atom is 0.248 e. The van der Waals surface area contributed by atoms with Gasteiger partial charge in [0.2, 0.25) is 5.91 Å². The molecule has 126 valence electrons. The van der Waals surface area contributed by atoms with Gasteiger partial charge in [0.1, 0.15) is 0 Å². The van der Waals surface area contributed by atoms with Crippen molar-refractivity contribution < 1.29 is 4.79 Å². The number of nitrogens with zero attached hydrogens (tertiary/aromatic N) is 3. The van der Waals surface area contributed by atoms with E-state index in [4.69, 9.17) is 0 Å². The number of fused-ring (bicyclic) bond motifs is 1. The van der Waals surface area contributed by atoms with Crippen LogP contribution in [-0.4, -0.2) is 20.7 Å². The second kappa shape index (κ2) is 7.03. The molecule has 0 atom stereocenters. The third-order valence-corrected chi connectivity index (χ3v) is 3.98. The number of amides is 1. The van der Waals surface area contributed by atoms with Gasteiger partial charge in [0, 0.05) is 41.3 Å². The zero-order valence-electron chi connectivity index (χ0n) is 13.9. The Balaban J connectivity index is 1.47. The predicted molar refractivity (Wildman–Crippen MR) is 103 cm³/mol. The fourth-order valence-corrected chi connectivity index (χ4v) is 2.73. The molecule has 0 spiro atoms. The van der Waals surface area contributed by atoms with Gasteiger partial charge in [-0.2, -0.15) is 5.10 Å². The second-order valence-corrected chi connectivity index (χ2v) is 5.74. The van der Waals surface area contributed by atoms with E-state index >= 15 is 0 Å². The molecule has 0 aliphatic carbocycles. The Morgan fingerprint density at radius 2 is 1.81 bits per heavy atom. The quantitative estimate of drug-likeness (QED) is 0.570. The Labute approximate surface area is 150 Å². The molecule has 0 saturated carbocycles. The summed E-state index contributed by atoms with van der Waals surface area (Å²) in [6.45, 7) is 0.